The van der Waals surface area contributed by atoms with Crippen molar-refractivity contribution in [3.05, 3.63) is 119 Å². The fourth-order valence-electron chi connectivity index (χ4n) is 5.81. The highest BCUT2D eigenvalue weighted by Gasteiger charge is 2.50. The summed E-state index contributed by atoms with van der Waals surface area (Å²) < 4.78 is 13.8. The van der Waals surface area contributed by atoms with Gasteiger partial charge in [0.1, 0.15) is 11.6 Å². The van der Waals surface area contributed by atoms with Crippen LogP contribution in [0.2, 0.25) is 0 Å². The van der Waals surface area contributed by atoms with Crippen molar-refractivity contribution in [1.29, 1.82) is 5.26 Å². The maximum atomic E-state index is 13.9. The molecule has 3 aromatic carbocycles. The van der Waals surface area contributed by atoms with Crippen molar-refractivity contribution >= 4 is 5.78 Å². The summed E-state index contributed by atoms with van der Waals surface area (Å²) in [7, 11) is 0. The van der Waals surface area contributed by atoms with Crippen LogP contribution < -0.4 is 0 Å². The number of pyridine rings is 1. The van der Waals surface area contributed by atoms with Crippen molar-refractivity contribution in [2.24, 2.45) is 11.8 Å². The van der Waals surface area contributed by atoms with Gasteiger partial charge in [-0.3, -0.25) is 9.78 Å². The number of ketones is 1. The lowest BCUT2D eigenvalue weighted by Crippen LogP contribution is -2.18. The predicted octanol–water partition coefficient (Wildman–Crippen LogP) is 7.19. The topological polar surface area (TPSA) is 74.0 Å². The molecule has 2 fully saturated rings. The van der Waals surface area contributed by atoms with E-state index in [1.807, 2.05) is 48.5 Å². The van der Waals surface area contributed by atoms with E-state index in [2.05, 4.69) is 6.07 Å². The van der Waals surface area contributed by atoms with Crippen LogP contribution in [0.15, 0.2) is 84.9 Å². The first-order valence-corrected chi connectivity index (χ1v) is 13.5. The number of aromatic nitrogens is 1. The van der Waals surface area contributed by atoms with Crippen LogP contribution in [0.1, 0.15) is 58.4 Å². The zero-order chi connectivity index (χ0) is 27.0. The van der Waals surface area contributed by atoms with E-state index in [0.29, 0.717) is 29.7 Å². The molecule has 6 rings (SSSR count). The van der Waals surface area contributed by atoms with Gasteiger partial charge < -0.3 is 5.11 Å². The largest absolute Gasteiger partial charge is 0.508 e. The Bertz CT molecular complexity index is 1600. The third-order valence-electron chi connectivity index (χ3n) is 8.35. The second-order valence-corrected chi connectivity index (χ2v) is 11.0. The van der Waals surface area contributed by atoms with Crippen LogP contribution in [0, 0.1) is 29.0 Å². The van der Waals surface area contributed by atoms with E-state index in [0.717, 1.165) is 48.1 Å². The molecule has 5 heteroatoms. The lowest BCUT2D eigenvalue weighted by atomic mass is 9.87. The molecule has 2 unspecified atom stereocenters. The lowest BCUT2D eigenvalue weighted by molar-refractivity contribution is 0.0958. The van der Waals surface area contributed by atoms with Crippen molar-refractivity contribution in [3.8, 4) is 23.1 Å². The standard InChI is InChI=1S/C34H29FN2O2/c35-26-9-5-6-22(18-26)14-15-34(16-17-34)33-28(12-13-30(37-33)27-10-3-1-8-24(27)21-36)32(39)29-20-25(29)19-23-7-2-4-11-31(23)38/h1-13,18,25,29,38H,14-17,19-20H2. The number of para-hydroxylation sites is 1. The highest BCUT2D eigenvalue weighted by molar-refractivity contribution is 6.01. The fraction of sp³-hybridized carbons (Fsp3) is 0.265. The second kappa shape index (κ2) is 10.1. The number of hydrogen-bond acceptors (Lipinski definition) is 4. The summed E-state index contributed by atoms with van der Waals surface area (Å²) in [4.78, 5) is 19.0. The number of carbonyl (C=O) groups is 1. The molecule has 194 valence electrons. The Hall–Kier alpha value is -4.30. The van der Waals surface area contributed by atoms with Gasteiger partial charge in [0, 0.05) is 22.5 Å². The number of nitrogens with zero attached hydrogens (tertiary/aromatic N) is 2. The van der Waals surface area contributed by atoms with Gasteiger partial charge in [-0.15, -0.1) is 0 Å². The molecule has 0 bridgehead atoms. The molecule has 2 atom stereocenters. The molecular formula is C34H29FN2O2. The molecule has 2 aliphatic rings. The quantitative estimate of drug-likeness (QED) is 0.239. The van der Waals surface area contributed by atoms with Gasteiger partial charge in [-0.1, -0.05) is 48.5 Å². The van der Waals surface area contributed by atoms with Gasteiger partial charge in [-0.05, 0) is 92.0 Å². The van der Waals surface area contributed by atoms with E-state index in [4.69, 9.17) is 4.98 Å². The van der Waals surface area contributed by atoms with E-state index >= 15 is 0 Å². The Morgan fingerprint density at radius 3 is 2.59 bits per heavy atom. The second-order valence-electron chi connectivity index (χ2n) is 11.0. The molecule has 4 nitrogen and oxygen atoms in total. The molecule has 39 heavy (non-hydrogen) atoms. The van der Waals surface area contributed by atoms with E-state index < -0.39 is 0 Å². The number of aryl methyl sites for hydroxylation is 1. The lowest BCUT2D eigenvalue weighted by Gasteiger charge is -2.20. The number of halogens is 1. The van der Waals surface area contributed by atoms with Gasteiger partial charge in [0.15, 0.2) is 5.78 Å². The number of rotatable bonds is 9. The number of nitriles is 1. The van der Waals surface area contributed by atoms with Gasteiger partial charge >= 0.3 is 0 Å². The van der Waals surface area contributed by atoms with Gasteiger partial charge in [0.25, 0.3) is 0 Å². The van der Waals surface area contributed by atoms with Crippen molar-refractivity contribution in [1.82, 2.24) is 4.98 Å². The Labute approximate surface area is 227 Å². The summed E-state index contributed by atoms with van der Waals surface area (Å²) in [5.74, 6) is 0.231. The van der Waals surface area contributed by atoms with Gasteiger partial charge in [0.2, 0.25) is 0 Å². The van der Waals surface area contributed by atoms with E-state index in [-0.39, 0.29) is 34.6 Å². The highest BCUT2D eigenvalue weighted by atomic mass is 19.1. The molecule has 0 spiro atoms. The highest BCUT2D eigenvalue weighted by Crippen LogP contribution is 2.54. The average Bonchev–Trinajstić information content (AvgIpc) is 3.89. The number of carbonyl (C=O) groups excluding carboxylic acids is 1. The minimum Gasteiger partial charge on any atom is -0.508 e. The molecule has 1 heterocycles. The molecule has 0 aliphatic heterocycles. The third kappa shape index (κ3) is 5.07. The first-order chi connectivity index (χ1) is 19.0. The number of Topliss-reactive ketones (excluding diaryl/α,β-unsaturated/α-hetero) is 1. The number of phenols is 1. The molecule has 2 aliphatic carbocycles. The zero-order valence-corrected chi connectivity index (χ0v) is 21.6. The van der Waals surface area contributed by atoms with Crippen molar-refractivity contribution < 1.29 is 14.3 Å². The Morgan fingerprint density at radius 2 is 1.82 bits per heavy atom. The smallest absolute Gasteiger partial charge is 0.168 e. The number of hydrogen-bond donors (Lipinski definition) is 1. The predicted molar refractivity (Wildman–Crippen MR) is 148 cm³/mol. The summed E-state index contributed by atoms with van der Waals surface area (Å²) >= 11 is 0. The molecule has 4 aromatic rings. The maximum absolute atomic E-state index is 13.9. The van der Waals surface area contributed by atoms with Crippen LogP contribution in [0.4, 0.5) is 4.39 Å². The average molecular weight is 517 g/mol. The monoisotopic (exact) mass is 516 g/mol. The zero-order valence-electron chi connectivity index (χ0n) is 21.6. The molecule has 0 saturated heterocycles. The first kappa shape index (κ1) is 25.0. The normalized spacial score (nSPS) is 18.8. The Balaban J connectivity index is 1.32. The van der Waals surface area contributed by atoms with Gasteiger partial charge in [0.05, 0.1) is 23.0 Å². The Kier molecular flexibility index (Phi) is 6.48. The molecular weight excluding hydrogens is 487 g/mol. The number of phenolic OH excluding ortho intramolecular Hbond substituents is 1. The summed E-state index contributed by atoms with van der Waals surface area (Å²) in [6.07, 6.45) is 4.78. The van der Waals surface area contributed by atoms with E-state index in [9.17, 15) is 19.6 Å². The van der Waals surface area contributed by atoms with Crippen LogP contribution in [-0.2, 0) is 18.3 Å². The maximum Gasteiger partial charge on any atom is 0.168 e. The van der Waals surface area contributed by atoms with Crippen LogP contribution in [0.25, 0.3) is 11.3 Å². The minimum absolute atomic E-state index is 0.0959. The van der Waals surface area contributed by atoms with Gasteiger partial charge in [-0.2, -0.15) is 5.26 Å². The summed E-state index contributed by atoms with van der Waals surface area (Å²) in [5, 5.41) is 19.9. The van der Waals surface area contributed by atoms with Crippen LogP contribution in [0.3, 0.4) is 0 Å². The number of aromatic hydroxyl groups is 1. The van der Waals surface area contributed by atoms with Gasteiger partial charge in [-0.25, -0.2) is 4.39 Å². The van der Waals surface area contributed by atoms with Crippen molar-refractivity contribution in [2.75, 3.05) is 0 Å². The molecule has 1 aromatic heterocycles. The number of benzene rings is 3. The van der Waals surface area contributed by atoms with Crippen molar-refractivity contribution in [2.45, 2.75) is 43.9 Å². The molecule has 1 N–H and O–H groups in total. The van der Waals surface area contributed by atoms with Crippen LogP contribution in [-0.4, -0.2) is 15.9 Å². The minimum atomic E-state index is -0.245. The molecule has 0 radical (unpaired) electrons. The molecule has 0 amide bonds. The summed E-state index contributed by atoms with van der Waals surface area (Å²) in [6, 6.07) is 27.4. The van der Waals surface area contributed by atoms with Crippen LogP contribution in [0.5, 0.6) is 5.75 Å². The molecule has 2 saturated carbocycles. The SMILES string of the molecule is N#Cc1ccccc1-c1ccc(C(=O)C2CC2Cc2ccccc2O)c(C2(CCc3cccc(F)c3)CC2)n1. The Morgan fingerprint density at radius 1 is 1.03 bits per heavy atom. The van der Waals surface area contributed by atoms with E-state index in [1.165, 1.54) is 6.07 Å². The van der Waals surface area contributed by atoms with Crippen molar-refractivity contribution in [3.63, 3.8) is 0 Å². The van der Waals surface area contributed by atoms with Crippen LogP contribution >= 0.6 is 0 Å². The summed E-state index contributed by atoms with van der Waals surface area (Å²) in [6.45, 7) is 0. The summed E-state index contributed by atoms with van der Waals surface area (Å²) in [5.41, 5.74) is 5.03. The van der Waals surface area contributed by atoms with E-state index in [1.54, 1.807) is 30.3 Å². The first-order valence-electron chi connectivity index (χ1n) is 13.5. The fourth-order valence-corrected chi connectivity index (χ4v) is 5.81. The third-order valence-corrected chi connectivity index (χ3v) is 8.35.